The lowest BCUT2D eigenvalue weighted by molar-refractivity contribution is -0.127. The first-order valence-electron chi connectivity index (χ1n) is 7.50. The third-order valence-corrected chi connectivity index (χ3v) is 5.28. The molecule has 0 spiro atoms. The van der Waals surface area contributed by atoms with Crippen LogP contribution in [0.4, 0.5) is 0 Å². The van der Waals surface area contributed by atoms with E-state index in [2.05, 4.69) is 41.5 Å². The zero-order valence-corrected chi connectivity index (χ0v) is 13.4. The summed E-state index contributed by atoms with van der Waals surface area (Å²) in [7, 11) is 0. The van der Waals surface area contributed by atoms with E-state index in [9.17, 15) is 4.79 Å². The molecule has 0 bridgehead atoms. The third kappa shape index (κ3) is 3.40. The number of thiophene rings is 1. The predicted molar refractivity (Wildman–Crippen MR) is 84.2 cm³/mol. The molecular formula is C15H25N3OS. The fraction of sp³-hybridized carbons (Fsp3) is 0.667. The van der Waals surface area contributed by atoms with Crippen LogP contribution in [-0.2, 0) is 11.2 Å². The molecule has 1 amide bonds. The van der Waals surface area contributed by atoms with Crippen LogP contribution in [-0.4, -0.2) is 43.0 Å². The van der Waals surface area contributed by atoms with E-state index < -0.39 is 0 Å². The molecule has 2 rings (SSSR count). The number of nitrogens with one attached hydrogen (secondary N) is 2. The lowest BCUT2D eigenvalue weighted by Crippen LogP contribution is -2.58. The second-order valence-corrected chi connectivity index (χ2v) is 6.39. The highest BCUT2D eigenvalue weighted by molar-refractivity contribution is 7.12. The number of hydrogen-bond donors (Lipinski definition) is 2. The Morgan fingerprint density at radius 2 is 2.35 bits per heavy atom. The van der Waals surface area contributed by atoms with Gasteiger partial charge in [-0.1, -0.05) is 6.92 Å². The first kappa shape index (κ1) is 15.5. The van der Waals surface area contributed by atoms with Crippen LogP contribution in [0, 0.1) is 0 Å². The minimum atomic E-state index is -0.0640. The molecule has 1 aliphatic heterocycles. The second kappa shape index (κ2) is 7.20. The third-order valence-electron chi connectivity index (χ3n) is 3.88. The Hall–Kier alpha value is -0.910. The lowest BCUT2D eigenvalue weighted by atomic mass is 10.1. The normalized spacial score (nSPS) is 21.6. The largest absolute Gasteiger partial charge is 0.355 e. The van der Waals surface area contributed by atoms with E-state index in [-0.39, 0.29) is 11.9 Å². The minimum absolute atomic E-state index is 0.0640. The molecule has 0 aromatic carbocycles. The fourth-order valence-corrected chi connectivity index (χ4v) is 3.72. The molecule has 1 aromatic heterocycles. The van der Waals surface area contributed by atoms with Crippen LogP contribution in [0.5, 0.6) is 0 Å². The van der Waals surface area contributed by atoms with E-state index >= 15 is 0 Å². The van der Waals surface area contributed by atoms with E-state index in [0.29, 0.717) is 12.6 Å². The van der Waals surface area contributed by atoms with Crippen LogP contribution in [0.2, 0.25) is 0 Å². The van der Waals surface area contributed by atoms with Crippen molar-refractivity contribution in [1.82, 2.24) is 15.5 Å². The molecule has 2 atom stereocenters. The lowest BCUT2D eigenvalue weighted by Gasteiger charge is -2.38. The summed E-state index contributed by atoms with van der Waals surface area (Å²) in [6, 6.07) is 4.66. The second-order valence-electron chi connectivity index (χ2n) is 5.19. The molecule has 112 valence electrons. The van der Waals surface area contributed by atoms with Crippen LogP contribution < -0.4 is 10.6 Å². The zero-order valence-electron chi connectivity index (χ0n) is 12.6. The van der Waals surface area contributed by atoms with Crippen molar-refractivity contribution in [2.45, 2.75) is 39.3 Å². The SMILES string of the molecule is CCNC(=O)C1CNCCN1C(C)c1ccc(CC)s1. The van der Waals surface area contributed by atoms with Crippen LogP contribution in [0.15, 0.2) is 12.1 Å². The topological polar surface area (TPSA) is 44.4 Å². The van der Waals surface area contributed by atoms with Crippen molar-refractivity contribution in [3.63, 3.8) is 0 Å². The molecule has 4 nitrogen and oxygen atoms in total. The Bertz CT molecular complexity index is 446. The van der Waals surface area contributed by atoms with Crippen molar-refractivity contribution < 1.29 is 4.79 Å². The van der Waals surface area contributed by atoms with Gasteiger partial charge in [-0.05, 0) is 32.4 Å². The van der Waals surface area contributed by atoms with Crippen LogP contribution in [0.3, 0.4) is 0 Å². The summed E-state index contributed by atoms with van der Waals surface area (Å²) in [4.78, 5) is 17.3. The van der Waals surface area contributed by atoms with Gasteiger partial charge in [-0.15, -0.1) is 11.3 Å². The summed E-state index contributed by atoms with van der Waals surface area (Å²) in [5.74, 6) is 0.138. The number of hydrogen-bond acceptors (Lipinski definition) is 4. The first-order valence-corrected chi connectivity index (χ1v) is 8.31. The van der Waals surface area contributed by atoms with Gasteiger partial charge in [0.2, 0.25) is 5.91 Å². The van der Waals surface area contributed by atoms with E-state index in [0.717, 1.165) is 26.1 Å². The van der Waals surface area contributed by atoms with Crippen LogP contribution in [0.1, 0.15) is 36.6 Å². The van der Waals surface area contributed by atoms with E-state index in [1.807, 2.05) is 18.3 Å². The average Bonchev–Trinajstić information content (AvgIpc) is 2.95. The summed E-state index contributed by atoms with van der Waals surface area (Å²) in [5, 5.41) is 6.28. The van der Waals surface area contributed by atoms with Gasteiger partial charge >= 0.3 is 0 Å². The standard InChI is InChI=1S/C15H25N3OS/c1-4-12-6-7-14(20-12)11(3)18-9-8-16-10-13(18)15(19)17-5-2/h6-7,11,13,16H,4-5,8-10H2,1-3H3,(H,17,19). The predicted octanol–water partition coefficient (Wildman–Crippen LogP) is 1.78. The van der Waals surface area contributed by atoms with Gasteiger partial charge in [0.05, 0.1) is 0 Å². The van der Waals surface area contributed by atoms with Crippen molar-refractivity contribution in [3.05, 3.63) is 21.9 Å². The Labute approximate surface area is 125 Å². The van der Waals surface area contributed by atoms with Crippen LogP contribution >= 0.6 is 11.3 Å². The van der Waals surface area contributed by atoms with Gasteiger partial charge in [-0.25, -0.2) is 0 Å². The quantitative estimate of drug-likeness (QED) is 0.870. The Morgan fingerprint density at radius 3 is 3.00 bits per heavy atom. The molecule has 1 fully saturated rings. The molecule has 20 heavy (non-hydrogen) atoms. The van der Waals surface area contributed by atoms with Gasteiger partial charge in [-0.3, -0.25) is 9.69 Å². The molecule has 2 N–H and O–H groups in total. The molecule has 1 saturated heterocycles. The maximum atomic E-state index is 12.2. The molecule has 5 heteroatoms. The minimum Gasteiger partial charge on any atom is -0.355 e. The first-order chi connectivity index (χ1) is 9.67. The van der Waals surface area contributed by atoms with Crippen molar-refractivity contribution in [3.8, 4) is 0 Å². The van der Waals surface area contributed by atoms with E-state index in [4.69, 9.17) is 0 Å². The summed E-state index contributed by atoms with van der Waals surface area (Å²) < 4.78 is 0. The molecule has 0 saturated carbocycles. The summed E-state index contributed by atoms with van der Waals surface area (Å²) in [6.07, 6.45) is 1.08. The Balaban J connectivity index is 2.12. The Kier molecular flexibility index (Phi) is 5.57. The maximum absolute atomic E-state index is 12.2. The summed E-state index contributed by atoms with van der Waals surface area (Å²) in [6.45, 7) is 9.66. The van der Waals surface area contributed by atoms with Crippen molar-refractivity contribution in [2.24, 2.45) is 0 Å². The van der Waals surface area contributed by atoms with Gasteiger partial charge in [0.15, 0.2) is 0 Å². The fourth-order valence-electron chi connectivity index (χ4n) is 2.69. The van der Waals surface area contributed by atoms with Gasteiger partial charge in [-0.2, -0.15) is 0 Å². The van der Waals surface area contributed by atoms with Gasteiger partial charge < -0.3 is 10.6 Å². The highest BCUT2D eigenvalue weighted by Crippen LogP contribution is 2.29. The number of carbonyl (C=O) groups excluding carboxylic acids is 1. The number of amides is 1. The number of carbonyl (C=O) groups is 1. The van der Waals surface area contributed by atoms with Crippen molar-refractivity contribution in [2.75, 3.05) is 26.2 Å². The highest BCUT2D eigenvalue weighted by atomic mass is 32.1. The monoisotopic (exact) mass is 295 g/mol. The molecular weight excluding hydrogens is 270 g/mol. The van der Waals surface area contributed by atoms with Gasteiger partial charge in [0.25, 0.3) is 0 Å². The maximum Gasteiger partial charge on any atom is 0.238 e. The number of aryl methyl sites for hydroxylation is 1. The van der Waals surface area contributed by atoms with Gasteiger partial charge in [0.1, 0.15) is 6.04 Å². The van der Waals surface area contributed by atoms with Crippen molar-refractivity contribution in [1.29, 1.82) is 0 Å². The number of rotatable bonds is 5. The number of likely N-dealkylation sites (N-methyl/N-ethyl adjacent to an activating group) is 1. The molecule has 1 aliphatic rings. The summed E-state index contributed by atoms with van der Waals surface area (Å²) >= 11 is 1.87. The zero-order chi connectivity index (χ0) is 14.5. The van der Waals surface area contributed by atoms with Crippen molar-refractivity contribution >= 4 is 17.2 Å². The molecule has 0 radical (unpaired) electrons. The van der Waals surface area contributed by atoms with E-state index in [1.54, 1.807) is 0 Å². The smallest absolute Gasteiger partial charge is 0.238 e. The van der Waals surface area contributed by atoms with E-state index in [1.165, 1.54) is 9.75 Å². The average molecular weight is 295 g/mol. The summed E-state index contributed by atoms with van der Waals surface area (Å²) in [5.41, 5.74) is 0. The number of piperazine rings is 1. The Morgan fingerprint density at radius 1 is 1.55 bits per heavy atom. The van der Waals surface area contributed by atoms with Gasteiger partial charge in [0, 0.05) is 42.0 Å². The number of nitrogens with zero attached hydrogens (tertiary/aromatic N) is 1. The molecule has 1 aromatic rings. The molecule has 2 unspecified atom stereocenters. The highest BCUT2D eigenvalue weighted by Gasteiger charge is 2.32. The molecule has 2 heterocycles. The van der Waals surface area contributed by atoms with Crippen LogP contribution in [0.25, 0.3) is 0 Å². The molecule has 0 aliphatic carbocycles.